The first-order valence-electron chi connectivity index (χ1n) is 7.20. The van der Waals surface area contributed by atoms with Gasteiger partial charge in [-0.25, -0.2) is 4.98 Å². The molecule has 3 rings (SSSR count). The molecule has 1 amide bonds. The molecular formula is C15H18N4OS. The lowest BCUT2D eigenvalue weighted by Gasteiger charge is -2.30. The summed E-state index contributed by atoms with van der Waals surface area (Å²) in [6, 6.07) is 9.89. The summed E-state index contributed by atoms with van der Waals surface area (Å²) in [4.78, 5) is 19.0. The Morgan fingerprint density at radius 3 is 2.62 bits per heavy atom. The molecule has 0 radical (unpaired) electrons. The smallest absolute Gasteiger partial charge is 0.240 e. The topological polar surface area (TPSA) is 61.9 Å². The van der Waals surface area contributed by atoms with E-state index in [1.54, 1.807) is 0 Å². The minimum absolute atomic E-state index is 0.169. The number of benzene rings is 1. The van der Waals surface area contributed by atoms with E-state index in [9.17, 15) is 4.79 Å². The molecule has 1 aliphatic rings. The number of nitrogens with zero attached hydrogens (tertiary/aromatic N) is 3. The largest absolute Gasteiger partial charge is 0.341 e. The Morgan fingerprint density at radius 1 is 1.19 bits per heavy atom. The van der Waals surface area contributed by atoms with Crippen molar-refractivity contribution in [2.45, 2.75) is 29.7 Å². The Hall–Kier alpha value is -1.82. The SMILES string of the molecule is O=C(C(Sc1ncn[nH]1)c1ccccc1)N1CCCCC1. The number of hydrogen-bond acceptors (Lipinski definition) is 4. The van der Waals surface area contributed by atoms with Crippen LogP contribution in [0.5, 0.6) is 0 Å². The van der Waals surface area contributed by atoms with Crippen LogP contribution in [0.15, 0.2) is 41.8 Å². The van der Waals surface area contributed by atoms with Crippen molar-refractivity contribution in [2.24, 2.45) is 0 Å². The third-order valence-corrected chi connectivity index (χ3v) is 4.75. The van der Waals surface area contributed by atoms with Crippen LogP contribution in [0.3, 0.4) is 0 Å². The van der Waals surface area contributed by atoms with Gasteiger partial charge < -0.3 is 4.90 Å². The average Bonchev–Trinajstić information content (AvgIpc) is 3.07. The van der Waals surface area contributed by atoms with Crippen molar-refractivity contribution in [2.75, 3.05) is 13.1 Å². The van der Waals surface area contributed by atoms with E-state index in [4.69, 9.17) is 0 Å². The molecule has 0 saturated carbocycles. The minimum Gasteiger partial charge on any atom is -0.341 e. The summed E-state index contributed by atoms with van der Waals surface area (Å²) in [6.45, 7) is 1.72. The number of aromatic nitrogens is 3. The van der Waals surface area contributed by atoms with Gasteiger partial charge in [0, 0.05) is 13.1 Å². The number of hydrogen-bond donors (Lipinski definition) is 1. The van der Waals surface area contributed by atoms with E-state index in [0.29, 0.717) is 5.16 Å². The third-order valence-electron chi connectivity index (χ3n) is 3.62. The Labute approximate surface area is 128 Å². The number of likely N-dealkylation sites (tertiary alicyclic amines) is 1. The number of piperidine rings is 1. The van der Waals surface area contributed by atoms with E-state index >= 15 is 0 Å². The molecule has 2 aromatic rings. The maximum Gasteiger partial charge on any atom is 0.240 e. The predicted molar refractivity (Wildman–Crippen MR) is 81.9 cm³/mol. The zero-order chi connectivity index (χ0) is 14.5. The summed E-state index contributed by atoms with van der Waals surface area (Å²) in [6.07, 6.45) is 4.88. The first kappa shape index (κ1) is 14.1. The fourth-order valence-electron chi connectivity index (χ4n) is 2.53. The summed E-state index contributed by atoms with van der Waals surface area (Å²) in [5.41, 5.74) is 1.01. The molecule has 1 aromatic heterocycles. The summed E-state index contributed by atoms with van der Waals surface area (Å²) in [5.74, 6) is 0.169. The van der Waals surface area contributed by atoms with Gasteiger partial charge in [-0.05, 0) is 24.8 Å². The number of rotatable bonds is 4. The quantitative estimate of drug-likeness (QED) is 0.882. The fourth-order valence-corrected chi connectivity index (χ4v) is 3.51. The highest BCUT2D eigenvalue weighted by atomic mass is 32.2. The van der Waals surface area contributed by atoms with Crippen LogP contribution in [-0.4, -0.2) is 39.1 Å². The minimum atomic E-state index is -0.266. The van der Waals surface area contributed by atoms with Gasteiger partial charge in [0.1, 0.15) is 11.6 Å². The van der Waals surface area contributed by atoms with Crippen molar-refractivity contribution >= 4 is 17.7 Å². The van der Waals surface area contributed by atoms with Crippen molar-refractivity contribution < 1.29 is 4.79 Å². The van der Waals surface area contributed by atoms with Crippen LogP contribution in [0.25, 0.3) is 0 Å². The van der Waals surface area contributed by atoms with E-state index in [1.807, 2.05) is 35.2 Å². The second kappa shape index (κ2) is 6.76. The van der Waals surface area contributed by atoms with E-state index in [2.05, 4.69) is 15.2 Å². The van der Waals surface area contributed by atoms with Crippen LogP contribution < -0.4 is 0 Å². The van der Waals surface area contributed by atoms with Crippen molar-refractivity contribution in [1.29, 1.82) is 0 Å². The average molecular weight is 302 g/mol. The number of amides is 1. The van der Waals surface area contributed by atoms with Gasteiger partial charge in [0.2, 0.25) is 5.91 Å². The van der Waals surface area contributed by atoms with Gasteiger partial charge in [0.05, 0.1) is 0 Å². The first-order chi connectivity index (χ1) is 10.3. The van der Waals surface area contributed by atoms with Gasteiger partial charge in [-0.2, -0.15) is 5.10 Å². The van der Waals surface area contributed by atoms with Gasteiger partial charge >= 0.3 is 0 Å². The van der Waals surface area contributed by atoms with Gasteiger partial charge in [0.25, 0.3) is 0 Å². The molecule has 0 bridgehead atoms. The third kappa shape index (κ3) is 3.44. The van der Waals surface area contributed by atoms with E-state index in [1.165, 1.54) is 24.5 Å². The molecule has 1 aliphatic heterocycles. The normalized spacial score (nSPS) is 16.7. The van der Waals surface area contributed by atoms with Crippen molar-refractivity contribution in [3.63, 3.8) is 0 Å². The van der Waals surface area contributed by atoms with E-state index < -0.39 is 0 Å². The van der Waals surface area contributed by atoms with E-state index in [-0.39, 0.29) is 11.2 Å². The number of nitrogens with one attached hydrogen (secondary N) is 1. The van der Waals surface area contributed by atoms with Crippen LogP contribution in [-0.2, 0) is 4.79 Å². The second-order valence-corrected chi connectivity index (χ2v) is 6.18. The monoisotopic (exact) mass is 302 g/mol. The highest BCUT2D eigenvalue weighted by Gasteiger charge is 2.28. The molecule has 1 fully saturated rings. The number of carbonyl (C=O) groups is 1. The number of aromatic amines is 1. The van der Waals surface area contributed by atoms with Crippen LogP contribution in [0.4, 0.5) is 0 Å². The van der Waals surface area contributed by atoms with Crippen LogP contribution in [0.1, 0.15) is 30.1 Å². The Kier molecular flexibility index (Phi) is 4.55. The Balaban J connectivity index is 1.82. The zero-order valence-electron chi connectivity index (χ0n) is 11.7. The lowest BCUT2D eigenvalue weighted by molar-refractivity contribution is -0.131. The number of thioether (sulfide) groups is 1. The highest BCUT2D eigenvalue weighted by Crippen LogP contribution is 2.35. The number of H-pyrrole nitrogens is 1. The van der Waals surface area contributed by atoms with Crippen LogP contribution in [0, 0.1) is 0 Å². The molecule has 0 spiro atoms. The predicted octanol–water partition coefficient (Wildman–Crippen LogP) is 2.65. The van der Waals surface area contributed by atoms with Crippen LogP contribution >= 0.6 is 11.8 Å². The standard InChI is InChI=1S/C15H18N4OS/c20-14(19-9-5-2-6-10-19)13(12-7-3-1-4-8-12)21-15-16-11-17-18-15/h1,3-4,7-8,11,13H,2,5-6,9-10H2,(H,16,17,18). The molecule has 2 heterocycles. The fraction of sp³-hybridized carbons (Fsp3) is 0.400. The molecular weight excluding hydrogens is 284 g/mol. The molecule has 1 saturated heterocycles. The van der Waals surface area contributed by atoms with Crippen molar-refractivity contribution in [1.82, 2.24) is 20.1 Å². The number of carbonyl (C=O) groups excluding carboxylic acids is 1. The molecule has 110 valence electrons. The zero-order valence-corrected chi connectivity index (χ0v) is 12.6. The summed E-state index contributed by atoms with van der Waals surface area (Å²) < 4.78 is 0. The van der Waals surface area contributed by atoms with Crippen LogP contribution in [0.2, 0.25) is 0 Å². The molecule has 5 nitrogen and oxygen atoms in total. The lowest BCUT2D eigenvalue weighted by atomic mass is 10.1. The van der Waals surface area contributed by atoms with Gasteiger partial charge in [-0.15, -0.1) is 0 Å². The summed E-state index contributed by atoms with van der Waals surface area (Å²) in [7, 11) is 0. The summed E-state index contributed by atoms with van der Waals surface area (Å²) >= 11 is 1.43. The van der Waals surface area contributed by atoms with Gasteiger partial charge in [-0.3, -0.25) is 9.89 Å². The van der Waals surface area contributed by atoms with Gasteiger partial charge in [0.15, 0.2) is 5.16 Å². The maximum atomic E-state index is 12.9. The van der Waals surface area contributed by atoms with Crippen molar-refractivity contribution in [3.8, 4) is 0 Å². The van der Waals surface area contributed by atoms with Gasteiger partial charge in [-0.1, -0.05) is 42.1 Å². The molecule has 1 N–H and O–H groups in total. The molecule has 0 aliphatic carbocycles. The maximum absolute atomic E-state index is 12.9. The Morgan fingerprint density at radius 2 is 1.95 bits per heavy atom. The molecule has 6 heteroatoms. The molecule has 1 unspecified atom stereocenters. The lowest BCUT2D eigenvalue weighted by Crippen LogP contribution is -2.38. The molecule has 1 aromatic carbocycles. The summed E-state index contributed by atoms with van der Waals surface area (Å²) in [5, 5.41) is 7.09. The van der Waals surface area contributed by atoms with Crippen molar-refractivity contribution in [3.05, 3.63) is 42.2 Å². The first-order valence-corrected chi connectivity index (χ1v) is 8.08. The Bertz CT molecular complexity index is 567. The molecule has 1 atom stereocenters. The second-order valence-electron chi connectivity index (χ2n) is 5.09. The molecule has 21 heavy (non-hydrogen) atoms. The van der Waals surface area contributed by atoms with E-state index in [0.717, 1.165) is 31.5 Å². The highest BCUT2D eigenvalue weighted by molar-refractivity contribution is 8.00.